The quantitative estimate of drug-likeness (QED) is 0.492. The molecular formula is C19H23ClF2N2O4S. The summed E-state index contributed by atoms with van der Waals surface area (Å²) >= 11 is 7.27. The zero-order valence-corrected chi connectivity index (χ0v) is 17.8. The number of ketones is 1. The molecule has 3 rings (SSSR count). The number of ether oxygens (including phenoxy) is 3. The van der Waals surface area contributed by atoms with Crippen LogP contribution < -0.4 is 9.47 Å². The fourth-order valence-corrected chi connectivity index (χ4v) is 4.07. The number of carbonyl (C=O) groups is 1. The highest BCUT2D eigenvalue weighted by molar-refractivity contribution is 7.19. The molecule has 1 aliphatic rings. The van der Waals surface area contributed by atoms with E-state index in [1.165, 1.54) is 0 Å². The second-order valence-corrected chi connectivity index (χ2v) is 8.74. The van der Waals surface area contributed by atoms with Crippen LogP contribution in [-0.2, 0) is 9.53 Å². The van der Waals surface area contributed by atoms with E-state index in [2.05, 4.69) is 9.97 Å². The molecule has 6 nitrogen and oxygen atoms in total. The molecule has 0 saturated heterocycles. The molecule has 2 heterocycles. The third-order valence-corrected chi connectivity index (χ3v) is 5.67. The molecule has 2 aromatic heterocycles. The van der Waals surface area contributed by atoms with Crippen LogP contribution in [0.3, 0.4) is 0 Å². The van der Waals surface area contributed by atoms with Gasteiger partial charge in [-0.15, -0.1) is 0 Å². The average Bonchev–Trinajstić information content (AvgIpc) is 2.99. The first-order valence-electron chi connectivity index (χ1n) is 9.42. The van der Waals surface area contributed by atoms with E-state index >= 15 is 0 Å². The third-order valence-electron chi connectivity index (χ3n) is 4.52. The van der Waals surface area contributed by atoms with E-state index < -0.39 is 13.0 Å². The number of aromatic nitrogens is 2. The van der Waals surface area contributed by atoms with E-state index in [-0.39, 0.29) is 23.0 Å². The van der Waals surface area contributed by atoms with Gasteiger partial charge in [0.2, 0.25) is 5.88 Å². The number of halogens is 3. The van der Waals surface area contributed by atoms with Crippen molar-refractivity contribution in [3.8, 4) is 11.1 Å². The fourth-order valence-electron chi connectivity index (χ4n) is 3.10. The number of hydrogen-bond donors (Lipinski definition) is 0. The van der Waals surface area contributed by atoms with Crippen molar-refractivity contribution < 1.29 is 27.8 Å². The van der Waals surface area contributed by atoms with E-state index in [4.69, 9.17) is 25.8 Å². The van der Waals surface area contributed by atoms with Gasteiger partial charge in [0.25, 0.3) is 11.6 Å². The van der Waals surface area contributed by atoms with Crippen LogP contribution in [0.15, 0.2) is 6.07 Å². The molecule has 1 saturated carbocycles. The zero-order valence-electron chi connectivity index (χ0n) is 16.2. The Bertz CT molecular complexity index is 845. The standard InChI is InChI=1S/C19H23ClF2N2O4S/c1-10(3-11(2)25)7-26-13-4-12(5-13)8-27-17-14(20)6-15-18(24-17)29-19(23-15)28-9-16(21)22/h6,10,12-13,16H,3-5,7-9H2,1-2H3/t10-,12?,13?/m1/s1. The summed E-state index contributed by atoms with van der Waals surface area (Å²) in [5, 5.41) is 0.437. The number of nitrogens with zero attached hydrogens (tertiary/aromatic N) is 2. The van der Waals surface area contributed by atoms with Crippen LogP contribution in [0.4, 0.5) is 8.78 Å². The van der Waals surface area contributed by atoms with E-state index in [9.17, 15) is 13.6 Å². The first-order chi connectivity index (χ1) is 13.8. The van der Waals surface area contributed by atoms with Gasteiger partial charge in [0.05, 0.1) is 12.7 Å². The molecule has 0 N–H and O–H groups in total. The molecule has 0 amide bonds. The molecule has 29 heavy (non-hydrogen) atoms. The smallest absolute Gasteiger partial charge is 0.276 e. The van der Waals surface area contributed by atoms with E-state index in [0.29, 0.717) is 46.8 Å². The van der Waals surface area contributed by atoms with Gasteiger partial charge in [-0.25, -0.2) is 13.8 Å². The summed E-state index contributed by atoms with van der Waals surface area (Å²) in [6.45, 7) is 3.94. The summed E-state index contributed by atoms with van der Waals surface area (Å²) < 4.78 is 41.0. The molecule has 0 aromatic carbocycles. The number of carbonyl (C=O) groups excluding carboxylic acids is 1. The van der Waals surface area contributed by atoms with E-state index in [1.807, 2.05) is 6.92 Å². The minimum Gasteiger partial charge on any atom is -0.476 e. The molecule has 10 heteroatoms. The molecule has 2 aromatic rings. The highest BCUT2D eigenvalue weighted by Crippen LogP contribution is 2.35. The predicted molar refractivity (Wildman–Crippen MR) is 106 cm³/mol. The van der Waals surface area contributed by atoms with Gasteiger partial charge in [-0.3, -0.25) is 0 Å². The van der Waals surface area contributed by atoms with Gasteiger partial charge in [-0.1, -0.05) is 29.9 Å². The topological polar surface area (TPSA) is 70.5 Å². The number of hydrogen-bond acceptors (Lipinski definition) is 7. The molecular weight excluding hydrogens is 426 g/mol. The van der Waals surface area contributed by atoms with Crippen LogP contribution >= 0.6 is 22.9 Å². The lowest BCUT2D eigenvalue weighted by atomic mass is 9.83. The Morgan fingerprint density at radius 3 is 2.76 bits per heavy atom. The number of rotatable bonds is 11. The zero-order chi connectivity index (χ0) is 21.0. The Balaban J connectivity index is 1.45. The summed E-state index contributed by atoms with van der Waals surface area (Å²) in [6.07, 6.45) is -0.0548. The van der Waals surface area contributed by atoms with Gasteiger partial charge >= 0.3 is 0 Å². The summed E-state index contributed by atoms with van der Waals surface area (Å²) in [6, 6.07) is 1.59. The van der Waals surface area contributed by atoms with Gasteiger partial charge in [0.15, 0.2) is 11.4 Å². The Morgan fingerprint density at radius 2 is 2.07 bits per heavy atom. The van der Waals surface area contributed by atoms with Gasteiger partial charge in [0, 0.05) is 13.0 Å². The second kappa shape index (κ2) is 9.95. The first kappa shape index (κ1) is 22.1. The maximum atomic E-state index is 12.3. The highest BCUT2D eigenvalue weighted by atomic mass is 35.5. The Hall–Kier alpha value is -1.58. The van der Waals surface area contributed by atoms with Crippen LogP contribution in [0.5, 0.6) is 11.1 Å². The maximum Gasteiger partial charge on any atom is 0.276 e. The van der Waals surface area contributed by atoms with E-state index in [0.717, 1.165) is 24.2 Å². The first-order valence-corrected chi connectivity index (χ1v) is 10.6. The molecule has 1 aliphatic carbocycles. The van der Waals surface area contributed by atoms with Crippen molar-refractivity contribution in [1.82, 2.24) is 9.97 Å². The Kier molecular flexibility index (Phi) is 7.59. The Morgan fingerprint density at radius 1 is 1.31 bits per heavy atom. The summed E-state index contributed by atoms with van der Waals surface area (Å²) in [5.74, 6) is 1.05. The minimum atomic E-state index is -2.56. The highest BCUT2D eigenvalue weighted by Gasteiger charge is 2.31. The third kappa shape index (κ3) is 6.45. The monoisotopic (exact) mass is 448 g/mol. The van der Waals surface area contributed by atoms with Crippen molar-refractivity contribution in [3.63, 3.8) is 0 Å². The van der Waals surface area contributed by atoms with Crippen molar-refractivity contribution in [3.05, 3.63) is 11.1 Å². The average molecular weight is 449 g/mol. The molecule has 1 fully saturated rings. The second-order valence-electron chi connectivity index (χ2n) is 7.40. The molecule has 160 valence electrons. The molecule has 0 radical (unpaired) electrons. The molecule has 0 unspecified atom stereocenters. The normalized spacial score (nSPS) is 19.9. The van der Waals surface area contributed by atoms with Crippen molar-refractivity contribution in [2.75, 3.05) is 19.8 Å². The van der Waals surface area contributed by atoms with Crippen LogP contribution in [-0.4, -0.2) is 48.1 Å². The molecule has 0 bridgehead atoms. The summed E-state index contributed by atoms with van der Waals surface area (Å²) in [5.41, 5.74) is 0.480. The van der Waals surface area contributed by atoms with Crippen LogP contribution in [0, 0.1) is 11.8 Å². The van der Waals surface area contributed by atoms with Gasteiger partial charge in [-0.05, 0) is 37.7 Å². The SMILES string of the molecule is CC(=O)C[C@@H](C)COC1CC(COc2nc3sc(OCC(F)F)nc3cc2Cl)C1. The lowest BCUT2D eigenvalue weighted by Gasteiger charge is -2.35. The fraction of sp³-hybridized carbons (Fsp3) is 0.632. The van der Waals surface area contributed by atoms with E-state index in [1.54, 1.807) is 13.0 Å². The van der Waals surface area contributed by atoms with Crippen molar-refractivity contribution >= 4 is 39.1 Å². The number of Topliss-reactive ketones (excluding diaryl/α,β-unsaturated/α-hetero) is 1. The summed E-state index contributed by atoms with van der Waals surface area (Å²) in [4.78, 5) is 20.0. The number of thiazole rings is 1. The molecule has 0 spiro atoms. The lowest BCUT2D eigenvalue weighted by molar-refractivity contribution is -0.119. The van der Waals surface area contributed by atoms with Gasteiger partial charge in [-0.2, -0.15) is 4.98 Å². The van der Waals surface area contributed by atoms with Crippen molar-refractivity contribution in [2.45, 2.75) is 45.6 Å². The van der Waals surface area contributed by atoms with Crippen molar-refractivity contribution in [1.29, 1.82) is 0 Å². The predicted octanol–water partition coefficient (Wildman–Crippen LogP) is 4.78. The van der Waals surface area contributed by atoms with Crippen LogP contribution in [0.1, 0.15) is 33.1 Å². The van der Waals surface area contributed by atoms with Crippen LogP contribution in [0.25, 0.3) is 10.3 Å². The molecule has 0 aliphatic heterocycles. The number of alkyl halides is 2. The lowest BCUT2D eigenvalue weighted by Crippen LogP contribution is -2.36. The van der Waals surface area contributed by atoms with Gasteiger partial charge < -0.3 is 19.0 Å². The Labute approximate surface area is 176 Å². The number of pyridine rings is 1. The van der Waals surface area contributed by atoms with Gasteiger partial charge in [0.1, 0.15) is 16.3 Å². The van der Waals surface area contributed by atoms with Crippen molar-refractivity contribution in [2.24, 2.45) is 11.8 Å². The summed E-state index contributed by atoms with van der Waals surface area (Å²) in [7, 11) is 0. The van der Waals surface area contributed by atoms with Crippen LogP contribution in [0.2, 0.25) is 5.02 Å². The number of fused-ring (bicyclic) bond motifs is 1. The minimum absolute atomic E-state index is 0.124. The molecule has 1 atom stereocenters. The maximum absolute atomic E-state index is 12.3. The largest absolute Gasteiger partial charge is 0.476 e.